The minimum Gasteiger partial charge on any atom is -0.493 e. The second kappa shape index (κ2) is 10.2. The van der Waals surface area contributed by atoms with Crippen molar-refractivity contribution in [1.29, 1.82) is 0 Å². The van der Waals surface area contributed by atoms with Crippen molar-refractivity contribution >= 4 is 11.6 Å². The van der Waals surface area contributed by atoms with Crippen LogP contribution in [-0.2, 0) is 11.2 Å². The van der Waals surface area contributed by atoms with Crippen LogP contribution in [-0.4, -0.2) is 36.1 Å². The smallest absolute Gasteiger partial charge is 0.221 e. The quantitative estimate of drug-likeness (QED) is 0.414. The molecule has 2 aromatic heterocycles. The maximum absolute atomic E-state index is 14.7. The van der Waals surface area contributed by atoms with Crippen LogP contribution >= 0.6 is 0 Å². The Bertz CT molecular complexity index is 1250. The Kier molecular flexibility index (Phi) is 6.88. The number of imidazole rings is 1. The third-order valence-corrected chi connectivity index (χ3v) is 5.66. The summed E-state index contributed by atoms with van der Waals surface area (Å²) in [6, 6.07) is 17.9. The summed E-state index contributed by atoms with van der Waals surface area (Å²) in [5, 5.41) is 2.96. The van der Waals surface area contributed by atoms with Gasteiger partial charge in [0.1, 0.15) is 11.5 Å². The average molecular weight is 448 g/mol. The summed E-state index contributed by atoms with van der Waals surface area (Å²) in [6.07, 6.45) is 4.32. The Hall–Kier alpha value is -3.87. The van der Waals surface area contributed by atoms with Gasteiger partial charge in [-0.25, -0.2) is 9.37 Å². The topological polar surface area (TPSA) is 64.9 Å². The first kappa shape index (κ1) is 22.3. The van der Waals surface area contributed by atoms with Crippen molar-refractivity contribution in [3.8, 4) is 11.5 Å². The van der Waals surface area contributed by atoms with Crippen LogP contribution in [0.3, 0.4) is 0 Å². The zero-order valence-corrected chi connectivity index (χ0v) is 18.6. The maximum Gasteiger partial charge on any atom is 0.221 e. The van der Waals surface area contributed by atoms with Crippen molar-refractivity contribution in [1.82, 2.24) is 14.7 Å². The highest BCUT2D eigenvalue weighted by Crippen LogP contribution is 2.31. The van der Waals surface area contributed by atoms with Crippen LogP contribution < -0.4 is 14.8 Å². The zero-order chi connectivity index (χ0) is 23.2. The van der Waals surface area contributed by atoms with E-state index in [1.54, 1.807) is 38.6 Å². The van der Waals surface area contributed by atoms with Crippen LogP contribution in [0.5, 0.6) is 11.5 Å². The number of methoxy groups -OCH3 is 2. The number of ether oxygens (including phenoxy) is 2. The maximum atomic E-state index is 14.7. The van der Waals surface area contributed by atoms with E-state index in [1.807, 2.05) is 47.0 Å². The van der Waals surface area contributed by atoms with E-state index in [4.69, 9.17) is 9.47 Å². The number of nitrogens with zero attached hydrogens (tertiary/aromatic N) is 2. The molecule has 0 fully saturated rings. The highest BCUT2D eigenvalue weighted by molar-refractivity contribution is 5.77. The number of hydrogen-bond acceptors (Lipinski definition) is 4. The molecule has 0 aliphatic rings. The number of rotatable bonds is 9. The number of fused-ring (bicyclic) bond motifs is 1. The first-order valence-electron chi connectivity index (χ1n) is 10.7. The number of carbonyl (C=O) groups excluding carboxylic acids is 1. The SMILES string of the molecule is COc1ccc(CCNC(=O)CC(c2ccccc2F)c2cnc3ccccn23)cc1OC. The van der Waals surface area contributed by atoms with Gasteiger partial charge in [0, 0.05) is 31.3 Å². The molecule has 4 rings (SSSR count). The van der Waals surface area contributed by atoms with Crippen LogP contribution in [0.2, 0.25) is 0 Å². The lowest BCUT2D eigenvalue weighted by atomic mass is 9.92. The second-order valence-corrected chi connectivity index (χ2v) is 7.68. The molecule has 1 amide bonds. The van der Waals surface area contributed by atoms with Crippen molar-refractivity contribution in [2.45, 2.75) is 18.8 Å². The van der Waals surface area contributed by atoms with E-state index in [1.165, 1.54) is 6.07 Å². The van der Waals surface area contributed by atoms with Gasteiger partial charge in [0.05, 0.1) is 19.9 Å². The number of benzene rings is 2. The lowest BCUT2D eigenvalue weighted by molar-refractivity contribution is -0.121. The molecule has 170 valence electrons. The predicted molar refractivity (Wildman–Crippen MR) is 124 cm³/mol. The summed E-state index contributed by atoms with van der Waals surface area (Å²) in [6.45, 7) is 0.450. The summed E-state index contributed by atoms with van der Waals surface area (Å²) in [5.74, 6) is 0.338. The van der Waals surface area contributed by atoms with Crippen LogP contribution in [0.25, 0.3) is 5.65 Å². The van der Waals surface area contributed by atoms with Crippen molar-refractivity contribution in [3.05, 3.63) is 95.7 Å². The van der Waals surface area contributed by atoms with E-state index in [0.29, 0.717) is 30.0 Å². The normalized spacial score (nSPS) is 11.8. The van der Waals surface area contributed by atoms with E-state index in [9.17, 15) is 9.18 Å². The highest BCUT2D eigenvalue weighted by atomic mass is 19.1. The third kappa shape index (κ3) is 4.98. The Balaban J connectivity index is 1.49. The molecule has 4 aromatic rings. The fourth-order valence-electron chi connectivity index (χ4n) is 3.98. The van der Waals surface area contributed by atoms with Gasteiger partial charge in [-0.1, -0.05) is 30.3 Å². The molecule has 0 spiro atoms. The molecule has 2 heterocycles. The Morgan fingerprint density at radius 1 is 1.06 bits per heavy atom. The molecule has 0 saturated heterocycles. The first-order chi connectivity index (χ1) is 16.1. The molecular weight excluding hydrogens is 421 g/mol. The summed E-state index contributed by atoms with van der Waals surface area (Å²) in [4.78, 5) is 17.3. The number of aromatic nitrogens is 2. The van der Waals surface area contributed by atoms with Gasteiger partial charge < -0.3 is 19.2 Å². The van der Waals surface area contributed by atoms with Gasteiger partial charge in [0.2, 0.25) is 5.91 Å². The minimum absolute atomic E-state index is 0.107. The number of nitrogens with one attached hydrogen (secondary N) is 1. The lowest BCUT2D eigenvalue weighted by Gasteiger charge is -2.18. The number of pyridine rings is 1. The molecular formula is C26H26FN3O3. The molecule has 0 aliphatic carbocycles. The summed E-state index contributed by atoms with van der Waals surface area (Å²) in [7, 11) is 3.18. The molecule has 7 heteroatoms. The summed E-state index contributed by atoms with van der Waals surface area (Å²) < 4.78 is 27.2. The van der Waals surface area contributed by atoms with Gasteiger partial charge in [-0.2, -0.15) is 0 Å². The van der Waals surface area contributed by atoms with Gasteiger partial charge in [0.15, 0.2) is 11.5 Å². The highest BCUT2D eigenvalue weighted by Gasteiger charge is 2.24. The second-order valence-electron chi connectivity index (χ2n) is 7.68. The molecule has 1 unspecified atom stereocenters. The van der Waals surface area contributed by atoms with Gasteiger partial charge in [0.25, 0.3) is 0 Å². The fourth-order valence-corrected chi connectivity index (χ4v) is 3.98. The largest absolute Gasteiger partial charge is 0.493 e. The van der Waals surface area contributed by atoms with Gasteiger partial charge in [-0.15, -0.1) is 0 Å². The van der Waals surface area contributed by atoms with Gasteiger partial charge >= 0.3 is 0 Å². The molecule has 2 aromatic carbocycles. The zero-order valence-electron chi connectivity index (χ0n) is 18.6. The third-order valence-electron chi connectivity index (χ3n) is 5.66. The summed E-state index contributed by atoms with van der Waals surface area (Å²) in [5.41, 5.74) is 3.01. The standard InChI is InChI=1S/C26H26FN3O3/c1-32-23-11-10-18(15-24(23)33-2)12-13-28-26(31)16-20(19-7-3-4-8-21(19)27)22-17-29-25-9-5-6-14-30(22)25/h3-11,14-15,17,20H,12-13,16H2,1-2H3,(H,28,31). The minimum atomic E-state index is -0.468. The van der Waals surface area contributed by atoms with Crippen LogP contribution in [0.15, 0.2) is 73.1 Å². The first-order valence-corrected chi connectivity index (χ1v) is 10.7. The van der Waals surface area contributed by atoms with Crippen molar-refractivity contribution in [2.75, 3.05) is 20.8 Å². The molecule has 0 radical (unpaired) electrons. The Morgan fingerprint density at radius 3 is 2.64 bits per heavy atom. The van der Waals surface area contributed by atoms with E-state index >= 15 is 0 Å². The lowest BCUT2D eigenvalue weighted by Crippen LogP contribution is -2.28. The molecule has 0 saturated carbocycles. The number of carbonyl (C=O) groups is 1. The van der Waals surface area contributed by atoms with E-state index in [-0.39, 0.29) is 18.1 Å². The van der Waals surface area contributed by atoms with Crippen LogP contribution in [0.4, 0.5) is 4.39 Å². The van der Waals surface area contributed by atoms with Crippen LogP contribution in [0, 0.1) is 5.82 Å². The van der Waals surface area contributed by atoms with Crippen molar-refractivity contribution in [3.63, 3.8) is 0 Å². The average Bonchev–Trinajstić information content (AvgIpc) is 3.27. The number of hydrogen-bond donors (Lipinski definition) is 1. The molecule has 1 atom stereocenters. The molecule has 1 N–H and O–H groups in total. The predicted octanol–water partition coefficient (Wildman–Crippen LogP) is 4.37. The van der Waals surface area contributed by atoms with Crippen LogP contribution in [0.1, 0.15) is 29.2 Å². The molecule has 33 heavy (non-hydrogen) atoms. The fraction of sp³-hybridized carbons (Fsp3) is 0.231. The number of amides is 1. The van der Waals surface area contributed by atoms with E-state index in [0.717, 1.165) is 16.9 Å². The van der Waals surface area contributed by atoms with Gasteiger partial charge in [-0.3, -0.25) is 4.79 Å². The van der Waals surface area contributed by atoms with Crippen molar-refractivity contribution < 1.29 is 18.7 Å². The number of halogens is 1. The summed E-state index contributed by atoms with van der Waals surface area (Å²) >= 11 is 0. The van der Waals surface area contributed by atoms with E-state index < -0.39 is 5.92 Å². The molecule has 0 bridgehead atoms. The van der Waals surface area contributed by atoms with Gasteiger partial charge in [-0.05, 0) is 47.9 Å². The van der Waals surface area contributed by atoms with E-state index in [2.05, 4.69) is 10.3 Å². The van der Waals surface area contributed by atoms with Crippen molar-refractivity contribution in [2.24, 2.45) is 0 Å². The Morgan fingerprint density at radius 2 is 1.85 bits per heavy atom. The molecule has 6 nitrogen and oxygen atoms in total. The Labute approximate surface area is 192 Å². The molecule has 0 aliphatic heterocycles. The monoisotopic (exact) mass is 447 g/mol.